The molecule has 0 unspecified atom stereocenters. The second-order valence-electron chi connectivity index (χ2n) is 12.3. The molecule has 46 heavy (non-hydrogen) atoms. The van der Waals surface area contributed by atoms with Gasteiger partial charge in [-0.05, 0) is 80.8 Å². The Bertz CT molecular complexity index is 2100. The van der Waals surface area contributed by atoms with Crippen LogP contribution in [0.5, 0.6) is 0 Å². The third-order valence-corrected chi connectivity index (χ3v) is 8.98. The van der Waals surface area contributed by atoms with Gasteiger partial charge >= 0.3 is 6.18 Å². The number of aromatic nitrogens is 5. The van der Waals surface area contributed by atoms with Crippen LogP contribution in [-0.2, 0) is 22.3 Å². The van der Waals surface area contributed by atoms with Gasteiger partial charge in [-0.1, -0.05) is 6.07 Å². The van der Waals surface area contributed by atoms with Crippen LogP contribution in [0.25, 0.3) is 27.7 Å². The van der Waals surface area contributed by atoms with Gasteiger partial charge in [0.25, 0.3) is 0 Å². The summed E-state index contributed by atoms with van der Waals surface area (Å²) in [6.45, 7) is 7.09. The fraction of sp³-hybridized carbons (Fsp3) is 0.333. The molecule has 2 aliphatic rings. The lowest BCUT2D eigenvalue weighted by Gasteiger charge is -2.27. The number of piperidine rings is 1. The van der Waals surface area contributed by atoms with Gasteiger partial charge in [-0.25, -0.2) is 14.5 Å². The van der Waals surface area contributed by atoms with E-state index < -0.39 is 23.8 Å². The highest BCUT2D eigenvalue weighted by molar-refractivity contribution is 6.09. The van der Waals surface area contributed by atoms with Gasteiger partial charge in [0, 0.05) is 47.7 Å². The Morgan fingerprint density at radius 3 is 2.54 bits per heavy atom. The summed E-state index contributed by atoms with van der Waals surface area (Å²) in [6.07, 6.45) is 1.40. The van der Waals surface area contributed by atoms with Gasteiger partial charge in [0.1, 0.15) is 24.1 Å². The summed E-state index contributed by atoms with van der Waals surface area (Å²) in [5.74, 6) is -1.14. The number of Topliss-reactive ketones (excluding diaryl/α,β-unsaturated/α-hetero) is 1. The Labute approximate surface area is 261 Å². The van der Waals surface area contributed by atoms with Crippen LogP contribution in [0.1, 0.15) is 46.2 Å². The molecule has 5 heterocycles. The van der Waals surface area contributed by atoms with Crippen LogP contribution in [0.3, 0.4) is 0 Å². The number of hydrogen-bond donors (Lipinski definition) is 1. The SMILES string of the molecule is CC(=O)c1cn(CC(=O)N2C[C@H]3C[C@H]3[C@H]2C(=O)Nc2nc(C(F)(F)F)ccc2C)c2c(C)cc(-c3cnc4cc(C)nn4c3)cc12. The Hall–Kier alpha value is -5.07. The summed E-state index contributed by atoms with van der Waals surface area (Å²) in [6, 6.07) is 7.05. The Balaban J connectivity index is 1.18. The van der Waals surface area contributed by atoms with Crippen molar-refractivity contribution in [3.05, 3.63) is 77.0 Å². The number of anilines is 1. The van der Waals surface area contributed by atoms with Crippen LogP contribution >= 0.6 is 0 Å². The molecule has 1 aliphatic heterocycles. The molecule has 1 aromatic carbocycles. The third kappa shape index (κ3) is 5.09. The highest BCUT2D eigenvalue weighted by Crippen LogP contribution is 2.50. The molecule has 0 radical (unpaired) electrons. The number of amides is 2. The molecule has 4 aromatic heterocycles. The van der Waals surface area contributed by atoms with Gasteiger partial charge in [0.15, 0.2) is 11.4 Å². The first kappa shape index (κ1) is 29.6. The van der Waals surface area contributed by atoms with Crippen LogP contribution in [0, 0.1) is 32.6 Å². The van der Waals surface area contributed by atoms with Crippen molar-refractivity contribution in [3.63, 3.8) is 0 Å². The zero-order valence-corrected chi connectivity index (χ0v) is 25.5. The van der Waals surface area contributed by atoms with Gasteiger partial charge in [0.05, 0.1) is 11.2 Å². The molecule has 236 valence electrons. The van der Waals surface area contributed by atoms with E-state index in [9.17, 15) is 27.6 Å². The van der Waals surface area contributed by atoms with Crippen molar-refractivity contribution < 1.29 is 27.6 Å². The first-order chi connectivity index (χ1) is 21.8. The number of carbonyl (C=O) groups excluding carboxylic acids is 3. The van der Waals surface area contributed by atoms with Crippen LogP contribution < -0.4 is 5.32 Å². The Kier molecular flexibility index (Phi) is 6.76. The van der Waals surface area contributed by atoms with E-state index in [1.807, 2.05) is 38.2 Å². The van der Waals surface area contributed by atoms with E-state index in [0.717, 1.165) is 46.0 Å². The van der Waals surface area contributed by atoms with Gasteiger partial charge in [-0.3, -0.25) is 14.4 Å². The third-order valence-electron chi connectivity index (χ3n) is 8.98. The average Bonchev–Trinajstić information content (AvgIpc) is 3.29. The molecule has 0 spiro atoms. The second-order valence-corrected chi connectivity index (χ2v) is 12.3. The Morgan fingerprint density at radius 2 is 1.80 bits per heavy atom. The lowest BCUT2D eigenvalue weighted by molar-refractivity contribution is -0.141. The zero-order valence-electron chi connectivity index (χ0n) is 25.5. The van der Waals surface area contributed by atoms with Gasteiger partial charge in [-0.15, -0.1) is 0 Å². The minimum atomic E-state index is -4.66. The molecule has 3 atom stereocenters. The van der Waals surface area contributed by atoms with E-state index in [1.165, 1.54) is 17.9 Å². The smallest absolute Gasteiger partial charge is 0.337 e. The number of nitrogens with zero attached hydrogens (tertiary/aromatic N) is 6. The molecule has 2 amide bonds. The maximum Gasteiger partial charge on any atom is 0.433 e. The summed E-state index contributed by atoms with van der Waals surface area (Å²) < 4.78 is 43.3. The van der Waals surface area contributed by atoms with Crippen molar-refractivity contribution in [2.24, 2.45) is 11.8 Å². The number of carbonyl (C=O) groups is 3. The quantitative estimate of drug-likeness (QED) is 0.253. The van der Waals surface area contributed by atoms with E-state index in [4.69, 9.17) is 0 Å². The molecule has 1 aliphatic carbocycles. The van der Waals surface area contributed by atoms with Crippen LogP contribution in [0.2, 0.25) is 0 Å². The van der Waals surface area contributed by atoms with Crippen molar-refractivity contribution in [1.29, 1.82) is 0 Å². The lowest BCUT2D eigenvalue weighted by atomic mass is 10.0. The van der Waals surface area contributed by atoms with Gasteiger partial charge < -0.3 is 14.8 Å². The summed E-state index contributed by atoms with van der Waals surface area (Å²) in [5, 5.41) is 7.70. The van der Waals surface area contributed by atoms with Crippen molar-refractivity contribution in [2.45, 2.75) is 52.9 Å². The highest BCUT2D eigenvalue weighted by Gasteiger charge is 2.57. The number of likely N-dealkylation sites (tertiary alicyclic amines) is 1. The standard InChI is InChI=1S/C33H30F3N7O3/c1-16-5-6-26(33(34,35)36)38-31(16)39-32(46)30-23-10-21(23)12-42(30)28(45)15-41-14-25(19(4)44)24-9-20(7-17(2)29(24)41)22-11-37-27-8-18(3)40-43(27)13-22/h5-9,11,13-14,21,23,30H,10,12,15H2,1-4H3,(H,38,39,46)/t21-,23-,30+/m1/s1. The number of rotatable bonds is 6. The molecular weight excluding hydrogens is 599 g/mol. The minimum Gasteiger partial charge on any atom is -0.337 e. The maximum atomic E-state index is 13.8. The molecule has 13 heteroatoms. The number of ketones is 1. The highest BCUT2D eigenvalue weighted by atomic mass is 19.4. The number of fused-ring (bicyclic) bond motifs is 3. The fourth-order valence-electron chi connectivity index (χ4n) is 6.67. The predicted octanol–water partition coefficient (Wildman–Crippen LogP) is 5.38. The molecule has 7 rings (SSSR count). The van der Waals surface area contributed by atoms with E-state index >= 15 is 0 Å². The van der Waals surface area contributed by atoms with E-state index in [0.29, 0.717) is 23.1 Å². The van der Waals surface area contributed by atoms with Crippen LogP contribution in [-0.4, -0.2) is 59.2 Å². The fourth-order valence-corrected chi connectivity index (χ4v) is 6.67. The minimum absolute atomic E-state index is 0.0712. The van der Waals surface area contributed by atoms with Crippen molar-refractivity contribution >= 4 is 40.0 Å². The molecule has 1 N–H and O–H groups in total. The van der Waals surface area contributed by atoms with Crippen LogP contribution in [0.4, 0.5) is 19.0 Å². The summed E-state index contributed by atoms with van der Waals surface area (Å²) >= 11 is 0. The number of alkyl halides is 3. The molecule has 10 nitrogen and oxygen atoms in total. The first-order valence-electron chi connectivity index (χ1n) is 14.9. The van der Waals surface area contributed by atoms with E-state index in [2.05, 4.69) is 20.4 Å². The van der Waals surface area contributed by atoms with Gasteiger partial charge in [-0.2, -0.15) is 18.3 Å². The number of benzene rings is 1. The summed E-state index contributed by atoms with van der Waals surface area (Å²) in [5.41, 5.74) is 4.52. The second kappa shape index (κ2) is 10.5. The molecule has 1 saturated heterocycles. The van der Waals surface area contributed by atoms with Crippen LogP contribution in [0.15, 0.2) is 48.9 Å². The zero-order chi connectivity index (χ0) is 32.7. The monoisotopic (exact) mass is 629 g/mol. The average molecular weight is 630 g/mol. The van der Waals surface area contributed by atoms with Gasteiger partial charge in [0.2, 0.25) is 11.8 Å². The number of nitrogens with one attached hydrogen (secondary N) is 1. The Morgan fingerprint density at radius 1 is 1.02 bits per heavy atom. The molecule has 0 bridgehead atoms. The number of aryl methyl sites for hydroxylation is 3. The topological polar surface area (TPSA) is 114 Å². The molecule has 1 saturated carbocycles. The van der Waals surface area contributed by atoms with E-state index in [-0.39, 0.29) is 35.9 Å². The lowest BCUT2D eigenvalue weighted by Crippen LogP contribution is -2.47. The number of hydrogen-bond acceptors (Lipinski definition) is 6. The molecule has 5 aromatic rings. The van der Waals surface area contributed by atoms with Crippen molar-refractivity contribution in [3.8, 4) is 11.1 Å². The number of halogens is 3. The summed E-state index contributed by atoms with van der Waals surface area (Å²) in [4.78, 5) is 49.7. The van der Waals surface area contributed by atoms with Crippen molar-refractivity contribution in [1.82, 2.24) is 29.0 Å². The van der Waals surface area contributed by atoms with E-state index in [1.54, 1.807) is 28.4 Å². The largest absolute Gasteiger partial charge is 0.433 e. The normalized spacial score (nSPS) is 19.1. The number of pyridine rings is 1. The molecule has 2 fully saturated rings. The van der Waals surface area contributed by atoms with Crippen molar-refractivity contribution in [2.75, 3.05) is 11.9 Å². The first-order valence-corrected chi connectivity index (χ1v) is 14.9. The molecular formula is C33H30F3N7O3. The maximum absolute atomic E-state index is 13.8. The summed E-state index contributed by atoms with van der Waals surface area (Å²) in [7, 11) is 0. The predicted molar refractivity (Wildman–Crippen MR) is 163 cm³/mol.